The van der Waals surface area contributed by atoms with Crippen molar-refractivity contribution >= 4 is 23.5 Å². The van der Waals surface area contributed by atoms with Crippen molar-refractivity contribution in [3.05, 3.63) is 28.8 Å². The lowest BCUT2D eigenvalue weighted by Crippen LogP contribution is -2.35. The number of nitrogens with one attached hydrogen (secondary N) is 1. The molecular formula is C15H16ClNO4. The van der Waals surface area contributed by atoms with Gasteiger partial charge in [0.05, 0.1) is 12.1 Å². The van der Waals surface area contributed by atoms with Gasteiger partial charge in [0.15, 0.2) is 6.04 Å². The van der Waals surface area contributed by atoms with Crippen molar-refractivity contribution in [1.29, 1.82) is 0 Å². The Morgan fingerprint density at radius 3 is 2.67 bits per heavy atom. The summed E-state index contributed by atoms with van der Waals surface area (Å²) in [4.78, 5) is 23.6. The van der Waals surface area contributed by atoms with Gasteiger partial charge in [0.1, 0.15) is 5.75 Å². The van der Waals surface area contributed by atoms with Crippen LogP contribution in [0.1, 0.15) is 30.9 Å². The van der Waals surface area contributed by atoms with Crippen molar-refractivity contribution in [2.45, 2.75) is 25.3 Å². The van der Waals surface area contributed by atoms with Crippen molar-refractivity contribution in [2.75, 3.05) is 7.11 Å². The Hall–Kier alpha value is -1.75. The molecule has 21 heavy (non-hydrogen) atoms. The maximum atomic E-state index is 12.1. The van der Waals surface area contributed by atoms with Crippen LogP contribution in [0, 0.1) is 11.3 Å². The van der Waals surface area contributed by atoms with Crippen LogP contribution in [-0.4, -0.2) is 24.1 Å². The summed E-state index contributed by atoms with van der Waals surface area (Å²) < 4.78 is 5.04. The predicted octanol–water partition coefficient (Wildman–Crippen LogP) is 2.39. The first-order chi connectivity index (χ1) is 9.97. The van der Waals surface area contributed by atoms with Crippen molar-refractivity contribution in [3.63, 3.8) is 0 Å². The summed E-state index contributed by atoms with van der Waals surface area (Å²) in [6.07, 6.45) is 3.04. The largest absolute Gasteiger partial charge is 0.495 e. The van der Waals surface area contributed by atoms with Crippen LogP contribution in [0.2, 0.25) is 5.02 Å². The summed E-state index contributed by atoms with van der Waals surface area (Å²) in [7, 11) is 1.49. The van der Waals surface area contributed by atoms with Gasteiger partial charge in [-0.05, 0) is 42.4 Å². The Balaban J connectivity index is 1.76. The molecule has 112 valence electrons. The molecule has 2 atom stereocenters. The topological polar surface area (TPSA) is 75.6 Å². The van der Waals surface area contributed by atoms with Gasteiger partial charge in [-0.1, -0.05) is 17.7 Å². The molecule has 0 radical (unpaired) electrons. The summed E-state index contributed by atoms with van der Waals surface area (Å²) in [5, 5.41) is 12.3. The van der Waals surface area contributed by atoms with E-state index in [0.717, 1.165) is 19.3 Å². The maximum absolute atomic E-state index is 12.1. The van der Waals surface area contributed by atoms with E-state index in [2.05, 4.69) is 5.32 Å². The summed E-state index contributed by atoms with van der Waals surface area (Å²) in [5.74, 6) is -0.829. The van der Waals surface area contributed by atoms with Crippen LogP contribution >= 0.6 is 11.6 Å². The lowest BCUT2D eigenvalue weighted by molar-refractivity contribution is -0.142. The third-order valence-electron chi connectivity index (χ3n) is 4.44. The molecule has 5 nitrogen and oxygen atoms in total. The van der Waals surface area contributed by atoms with Gasteiger partial charge in [-0.15, -0.1) is 0 Å². The van der Waals surface area contributed by atoms with E-state index >= 15 is 0 Å². The van der Waals surface area contributed by atoms with Crippen LogP contribution in [0.4, 0.5) is 0 Å². The fourth-order valence-electron chi connectivity index (χ4n) is 2.82. The molecule has 6 heteroatoms. The minimum Gasteiger partial charge on any atom is -0.495 e. The number of methoxy groups -OCH3 is 1. The molecule has 0 heterocycles. The molecule has 1 amide bonds. The molecule has 2 unspecified atom stereocenters. The van der Waals surface area contributed by atoms with Gasteiger partial charge in [0.2, 0.25) is 5.91 Å². The zero-order valence-corrected chi connectivity index (χ0v) is 12.3. The summed E-state index contributed by atoms with van der Waals surface area (Å²) >= 11 is 6.01. The third kappa shape index (κ3) is 2.58. The van der Waals surface area contributed by atoms with Gasteiger partial charge in [0.25, 0.3) is 0 Å². The number of benzene rings is 1. The van der Waals surface area contributed by atoms with Gasteiger partial charge in [-0.3, -0.25) is 4.79 Å². The molecule has 2 N–H and O–H groups in total. The highest BCUT2D eigenvalue weighted by Gasteiger charge is 2.65. The number of rotatable bonds is 5. The van der Waals surface area contributed by atoms with E-state index in [9.17, 15) is 14.7 Å². The molecule has 2 aliphatic carbocycles. The molecule has 0 aliphatic heterocycles. The number of carbonyl (C=O) groups is 2. The minimum atomic E-state index is -1.10. The van der Waals surface area contributed by atoms with Crippen molar-refractivity contribution in [3.8, 4) is 5.75 Å². The van der Waals surface area contributed by atoms with Crippen LogP contribution in [0.25, 0.3) is 0 Å². The highest BCUT2D eigenvalue weighted by Crippen LogP contribution is 2.70. The highest BCUT2D eigenvalue weighted by molar-refractivity contribution is 6.32. The zero-order chi connectivity index (χ0) is 15.2. The fraction of sp³-hybridized carbons (Fsp3) is 0.467. The zero-order valence-electron chi connectivity index (χ0n) is 11.6. The van der Waals surface area contributed by atoms with E-state index in [-0.39, 0.29) is 17.2 Å². The molecule has 0 saturated heterocycles. The van der Waals surface area contributed by atoms with Gasteiger partial charge < -0.3 is 15.2 Å². The standard InChI is InChI=1S/C15H16ClNO4/c1-21-11-3-2-8(6-10(11)16)12(14(19)20)17-13(18)9-7-15(9)4-5-15/h2-3,6,9,12H,4-5,7H2,1H3,(H,17,18)(H,19,20). The van der Waals surface area contributed by atoms with Crippen molar-refractivity contribution < 1.29 is 19.4 Å². The van der Waals surface area contributed by atoms with Crippen LogP contribution in [0.3, 0.4) is 0 Å². The van der Waals surface area contributed by atoms with Crippen molar-refractivity contribution in [1.82, 2.24) is 5.32 Å². The van der Waals surface area contributed by atoms with Crippen molar-refractivity contribution in [2.24, 2.45) is 11.3 Å². The van der Waals surface area contributed by atoms with Gasteiger partial charge in [-0.2, -0.15) is 0 Å². The third-order valence-corrected chi connectivity index (χ3v) is 4.74. The molecule has 0 bridgehead atoms. The molecular weight excluding hydrogens is 294 g/mol. The second-order valence-electron chi connectivity index (χ2n) is 5.79. The van der Waals surface area contributed by atoms with Crippen LogP contribution in [0.5, 0.6) is 5.75 Å². The minimum absolute atomic E-state index is 0.0203. The van der Waals surface area contributed by atoms with Gasteiger partial charge in [-0.25, -0.2) is 4.79 Å². The first kappa shape index (κ1) is 14.2. The Morgan fingerprint density at radius 1 is 1.48 bits per heavy atom. The van der Waals surface area contributed by atoms with Crippen LogP contribution in [-0.2, 0) is 9.59 Å². The average molecular weight is 310 g/mol. The van der Waals surface area contributed by atoms with Gasteiger partial charge in [0, 0.05) is 5.92 Å². The van der Waals surface area contributed by atoms with Crippen LogP contribution < -0.4 is 10.1 Å². The number of hydrogen-bond acceptors (Lipinski definition) is 3. The van der Waals surface area contributed by atoms with Gasteiger partial charge >= 0.3 is 5.97 Å². The number of ether oxygens (including phenoxy) is 1. The second kappa shape index (κ2) is 4.91. The van der Waals surface area contributed by atoms with E-state index < -0.39 is 12.0 Å². The number of hydrogen-bond donors (Lipinski definition) is 2. The molecule has 1 aromatic rings. The summed E-state index contributed by atoms with van der Waals surface area (Å²) in [6.45, 7) is 0. The molecule has 1 spiro atoms. The predicted molar refractivity (Wildman–Crippen MR) is 76.3 cm³/mol. The first-order valence-corrected chi connectivity index (χ1v) is 7.21. The number of aliphatic carboxylic acids is 1. The molecule has 0 aromatic heterocycles. The lowest BCUT2D eigenvalue weighted by atomic mass is 10.1. The number of halogens is 1. The Kier molecular flexibility index (Phi) is 3.32. The Bertz CT molecular complexity index is 612. The van der Waals surface area contributed by atoms with E-state index in [1.807, 2.05) is 0 Å². The van der Waals surface area contributed by atoms with E-state index in [1.54, 1.807) is 12.1 Å². The summed E-state index contributed by atoms with van der Waals surface area (Å²) in [5.41, 5.74) is 0.636. The molecule has 2 saturated carbocycles. The van der Waals surface area contributed by atoms with E-state index in [4.69, 9.17) is 16.3 Å². The lowest BCUT2D eigenvalue weighted by Gasteiger charge is -2.16. The monoisotopic (exact) mass is 309 g/mol. The number of amides is 1. The normalized spacial score (nSPS) is 22.5. The quantitative estimate of drug-likeness (QED) is 0.875. The molecule has 1 aromatic carbocycles. The second-order valence-corrected chi connectivity index (χ2v) is 6.20. The Morgan fingerprint density at radius 2 is 2.19 bits per heavy atom. The molecule has 2 fully saturated rings. The fourth-order valence-corrected chi connectivity index (χ4v) is 3.09. The SMILES string of the molecule is COc1ccc(C(NC(=O)C2CC23CC3)C(=O)O)cc1Cl. The number of carboxylic acid groups (broad SMARTS) is 1. The molecule has 2 aliphatic rings. The number of carbonyl (C=O) groups excluding carboxylic acids is 1. The first-order valence-electron chi connectivity index (χ1n) is 6.83. The smallest absolute Gasteiger partial charge is 0.330 e. The van der Waals surface area contributed by atoms with E-state index in [1.165, 1.54) is 13.2 Å². The highest BCUT2D eigenvalue weighted by atomic mass is 35.5. The molecule has 3 rings (SSSR count). The maximum Gasteiger partial charge on any atom is 0.330 e. The average Bonchev–Trinajstić information content (AvgIpc) is 3.36. The van der Waals surface area contributed by atoms with Crippen LogP contribution in [0.15, 0.2) is 18.2 Å². The van der Waals surface area contributed by atoms with E-state index in [0.29, 0.717) is 16.3 Å². The number of carboxylic acids is 1. The Labute approximate surface area is 127 Å². The summed E-state index contributed by atoms with van der Waals surface area (Å²) in [6, 6.07) is 3.62.